The second-order valence-corrected chi connectivity index (χ2v) is 5.21. The molecule has 3 rings (SSSR count). The molecule has 1 amide bonds. The molecule has 0 atom stereocenters. The highest BCUT2D eigenvalue weighted by Crippen LogP contribution is 2.23. The fraction of sp³-hybridized carbons (Fsp3) is 0.214. The number of carbonyl (C=O) groups is 1. The Bertz CT molecular complexity index is 691. The average Bonchev–Trinajstić information content (AvgIpc) is 2.53. The highest BCUT2D eigenvalue weighted by atomic mass is 35.5. The maximum atomic E-state index is 12.5. The SMILES string of the molecule is NNc1cc2c(nn1)CCN(C(=O)c1ccccc1Cl)C2. The molecule has 2 aromatic rings. The van der Waals surface area contributed by atoms with E-state index in [4.69, 9.17) is 17.4 Å². The zero-order valence-corrected chi connectivity index (χ0v) is 12.0. The van der Waals surface area contributed by atoms with Crippen LogP contribution in [0.5, 0.6) is 0 Å². The topological polar surface area (TPSA) is 84.1 Å². The first-order valence-electron chi connectivity index (χ1n) is 6.55. The molecule has 0 saturated heterocycles. The van der Waals surface area contributed by atoms with Crippen molar-refractivity contribution in [2.75, 3.05) is 12.0 Å². The molecule has 3 N–H and O–H groups in total. The van der Waals surface area contributed by atoms with Crippen LogP contribution in [0.4, 0.5) is 5.82 Å². The molecule has 0 spiro atoms. The van der Waals surface area contributed by atoms with E-state index in [9.17, 15) is 4.79 Å². The van der Waals surface area contributed by atoms with Crippen molar-refractivity contribution in [2.45, 2.75) is 13.0 Å². The van der Waals surface area contributed by atoms with Gasteiger partial charge in [-0.2, -0.15) is 5.10 Å². The van der Waals surface area contributed by atoms with E-state index in [0.717, 1.165) is 11.3 Å². The first kappa shape index (κ1) is 13.8. The summed E-state index contributed by atoms with van der Waals surface area (Å²) in [5.41, 5.74) is 4.83. The molecule has 2 heterocycles. The number of nitrogens with one attached hydrogen (secondary N) is 1. The van der Waals surface area contributed by atoms with Crippen LogP contribution in [0.2, 0.25) is 5.02 Å². The molecule has 0 aliphatic carbocycles. The number of hydrazine groups is 1. The van der Waals surface area contributed by atoms with Gasteiger partial charge in [0.25, 0.3) is 5.91 Å². The normalized spacial score (nSPS) is 13.7. The minimum absolute atomic E-state index is 0.0784. The standard InChI is InChI=1S/C14H14ClN5O/c15-11-4-2-1-3-10(11)14(21)20-6-5-12-9(8-20)7-13(17-16)19-18-12/h1-4,7H,5-6,8,16H2,(H,17,19). The molecular weight excluding hydrogens is 290 g/mol. The number of nitrogen functional groups attached to an aromatic ring is 1. The number of amides is 1. The smallest absolute Gasteiger partial charge is 0.255 e. The number of carbonyl (C=O) groups excluding carboxylic acids is 1. The fourth-order valence-corrected chi connectivity index (χ4v) is 2.59. The minimum atomic E-state index is -0.0784. The summed E-state index contributed by atoms with van der Waals surface area (Å²) in [6.45, 7) is 1.07. The molecule has 21 heavy (non-hydrogen) atoms. The molecule has 1 aromatic carbocycles. The van der Waals surface area contributed by atoms with E-state index < -0.39 is 0 Å². The van der Waals surface area contributed by atoms with E-state index in [1.54, 1.807) is 29.2 Å². The van der Waals surface area contributed by atoms with E-state index in [-0.39, 0.29) is 5.91 Å². The lowest BCUT2D eigenvalue weighted by atomic mass is 10.1. The average molecular weight is 304 g/mol. The highest BCUT2D eigenvalue weighted by molar-refractivity contribution is 6.33. The van der Waals surface area contributed by atoms with Gasteiger partial charge < -0.3 is 10.3 Å². The van der Waals surface area contributed by atoms with Crippen molar-refractivity contribution in [2.24, 2.45) is 5.84 Å². The van der Waals surface area contributed by atoms with Gasteiger partial charge >= 0.3 is 0 Å². The number of fused-ring (bicyclic) bond motifs is 1. The Balaban J connectivity index is 1.85. The van der Waals surface area contributed by atoms with Crippen molar-refractivity contribution in [3.8, 4) is 0 Å². The van der Waals surface area contributed by atoms with Crippen LogP contribution in [0.15, 0.2) is 30.3 Å². The van der Waals surface area contributed by atoms with Gasteiger partial charge in [0, 0.05) is 19.5 Å². The van der Waals surface area contributed by atoms with Gasteiger partial charge in [0.2, 0.25) is 0 Å². The Kier molecular flexibility index (Phi) is 3.72. The summed E-state index contributed by atoms with van der Waals surface area (Å²) in [5.74, 6) is 5.75. The summed E-state index contributed by atoms with van der Waals surface area (Å²) in [4.78, 5) is 14.3. The van der Waals surface area contributed by atoms with Crippen LogP contribution < -0.4 is 11.3 Å². The van der Waals surface area contributed by atoms with Crippen LogP contribution in [-0.4, -0.2) is 27.5 Å². The van der Waals surface area contributed by atoms with Crippen molar-refractivity contribution in [3.63, 3.8) is 0 Å². The molecule has 1 aromatic heterocycles. The highest BCUT2D eigenvalue weighted by Gasteiger charge is 2.24. The van der Waals surface area contributed by atoms with Crippen LogP contribution in [0, 0.1) is 0 Å². The number of nitrogens with zero attached hydrogens (tertiary/aromatic N) is 3. The van der Waals surface area contributed by atoms with Crippen LogP contribution >= 0.6 is 11.6 Å². The number of halogens is 1. The van der Waals surface area contributed by atoms with Gasteiger partial charge in [-0.25, -0.2) is 5.84 Å². The van der Waals surface area contributed by atoms with Gasteiger partial charge in [-0.05, 0) is 23.8 Å². The summed E-state index contributed by atoms with van der Waals surface area (Å²) in [5, 5.41) is 8.52. The third-order valence-electron chi connectivity index (χ3n) is 3.48. The largest absolute Gasteiger partial charge is 0.334 e. The molecule has 0 bridgehead atoms. The van der Waals surface area contributed by atoms with Crippen LogP contribution in [0.25, 0.3) is 0 Å². The Labute approximate surface area is 126 Å². The second-order valence-electron chi connectivity index (χ2n) is 4.80. The third kappa shape index (κ3) is 2.68. The van der Waals surface area contributed by atoms with Gasteiger partial charge in [-0.3, -0.25) is 4.79 Å². The van der Waals surface area contributed by atoms with Crippen LogP contribution in [0.3, 0.4) is 0 Å². The maximum absolute atomic E-state index is 12.5. The molecule has 0 saturated carbocycles. The number of rotatable bonds is 2. The number of hydrogen-bond acceptors (Lipinski definition) is 5. The molecule has 7 heteroatoms. The lowest BCUT2D eigenvalue weighted by molar-refractivity contribution is 0.0733. The van der Waals surface area contributed by atoms with E-state index in [0.29, 0.717) is 35.9 Å². The van der Waals surface area contributed by atoms with E-state index >= 15 is 0 Å². The first-order chi connectivity index (χ1) is 10.2. The zero-order chi connectivity index (χ0) is 14.8. The van der Waals surface area contributed by atoms with E-state index in [1.165, 1.54) is 0 Å². The van der Waals surface area contributed by atoms with Gasteiger partial charge in [-0.1, -0.05) is 23.7 Å². The Morgan fingerprint density at radius 3 is 2.90 bits per heavy atom. The first-order valence-corrected chi connectivity index (χ1v) is 6.92. The number of aromatic nitrogens is 2. The molecule has 0 unspecified atom stereocenters. The Morgan fingerprint density at radius 2 is 2.14 bits per heavy atom. The molecule has 0 radical (unpaired) electrons. The van der Waals surface area contributed by atoms with Gasteiger partial charge in [0.15, 0.2) is 5.82 Å². The molecule has 1 aliphatic rings. The fourth-order valence-electron chi connectivity index (χ4n) is 2.38. The molecule has 0 fully saturated rings. The summed E-state index contributed by atoms with van der Waals surface area (Å²) in [6.07, 6.45) is 0.670. The molecule has 1 aliphatic heterocycles. The Morgan fingerprint density at radius 1 is 1.33 bits per heavy atom. The lowest BCUT2D eigenvalue weighted by Gasteiger charge is -2.28. The quantitative estimate of drug-likeness (QED) is 0.650. The molecular formula is C14H14ClN5O. The molecule has 6 nitrogen and oxygen atoms in total. The van der Waals surface area contributed by atoms with Crippen LogP contribution in [-0.2, 0) is 13.0 Å². The molecule has 108 valence electrons. The van der Waals surface area contributed by atoms with Crippen molar-refractivity contribution < 1.29 is 4.79 Å². The summed E-state index contributed by atoms with van der Waals surface area (Å²) < 4.78 is 0. The number of anilines is 1. The zero-order valence-electron chi connectivity index (χ0n) is 11.2. The van der Waals surface area contributed by atoms with Crippen molar-refractivity contribution in [1.82, 2.24) is 15.1 Å². The third-order valence-corrected chi connectivity index (χ3v) is 3.81. The van der Waals surface area contributed by atoms with Crippen molar-refractivity contribution in [1.29, 1.82) is 0 Å². The van der Waals surface area contributed by atoms with Gasteiger partial charge in [0.05, 0.1) is 16.3 Å². The monoisotopic (exact) mass is 303 g/mol. The van der Waals surface area contributed by atoms with E-state index in [1.807, 2.05) is 6.07 Å². The number of nitrogens with two attached hydrogens (primary N) is 1. The predicted molar refractivity (Wildman–Crippen MR) is 79.7 cm³/mol. The van der Waals surface area contributed by atoms with Crippen LogP contribution in [0.1, 0.15) is 21.6 Å². The summed E-state index contributed by atoms with van der Waals surface area (Å²) in [6, 6.07) is 8.87. The van der Waals surface area contributed by atoms with E-state index in [2.05, 4.69) is 15.6 Å². The second kappa shape index (κ2) is 5.67. The predicted octanol–water partition coefficient (Wildman–Crippen LogP) is 1.61. The van der Waals surface area contributed by atoms with Gasteiger partial charge in [0.1, 0.15) is 0 Å². The maximum Gasteiger partial charge on any atom is 0.255 e. The van der Waals surface area contributed by atoms with Crippen molar-refractivity contribution in [3.05, 3.63) is 52.2 Å². The Hall–Kier alpha value is -2.18. The van der Waals surface area contributed by atoms with Gasteiger partial charge in [-0.15, -0.1) is 5.10 Å². The minimum Gasteiger partial charge on any atom is -0.334 e. The number of hydrogen-bond donors (Lipinski definition) is 2. The summed E-state index contributed by atoms with van der Waals surface area (Å²) in [7, 11) is 0. The summed E-state index contributed by atoms with van der Waals surface area (Å²) >= 11 is 6.09. The van der Waals surface area contributed by atoms with Crippen molar-refractivity contribution >= 4 is 23.3 Å². The lowest BCUT2D eigenvalue weighted by Crippen LogP contribution is -2.36. The number of benzene rings is 1.